The minimum absolute atomic E-state index is 0.275. The highest BCUT2D eigenvalue weighted by Gasteiger charge is 2.23. The number of hydrogen-bond donors (Lipinski definition) is 3. The van der Waals surface area contributed by atoms with Gasteiger partial charge in [-0.1, -0.05) is 32.6 Å². The number of rotatable bonds is 5. The van der Waals surface area contributed by atoms with Crippen LogP contribution in [0.15, 0.2) is 0 Å². The Morgan fingerprint density at radius 3 is 2.47 bits per heavy atom. The molecule has 0 heterocycles. The van der Waals surface area contributed by atoms with Crippen molar-refractivity contribution in [3.05, 3.63) is 0 Å². The summed E-state index contributed by atoms with van der Waals surface area (Å²) in [5.74, 6) is 1.46. The van der Waals surface area contributed by atoms with Gasteiger partial charge in [-0.2, -0.15) is 0 Å². The van der Waals surface area contributed by atoms with Crippen molar-refractivity contribution in [1.82, 2.24) is 5.48 Å². The predicted octanol–water partition coefficient (Wildman–Crippen LogP) is 3.33. The predicted molar refractivity (Wildman–Crippen MR) is 62.2 cm³/mol. The van der Waals surface area contributed by atoms with E-state index in [2.05, 4.69) is 6.92 Å². The maximum atomic E-state index is 8.65. The number of unbranched alkanes of at least 4 members (excludes halogenated alkanes) is 2. The maximum Gasteiger partial charge on any atom is 0.120 e. The Balaban J connectivity index is 2.15. The molecule has 0 aliphatic heterocycles. The molecule has 0 unspecified atom stereocenters. The van der Waals surface area contributed by atoms with Crippen LogP contribution in [0.3, 0.4) is 0 Å². The van der Waals surface area contributed by atoms with Gasteiger partial charge in [0, 0.05) is 5.92 Å². The Labute approximate surface area is 92.7 Å². The van der Waals surface area contributed by atoms with E-state index in [-0.39, 0.29) is 5.92 Å². The summed E-state index contributed by atoms with van der Waals surface area (Å²) in [5, 5.41) is 16.2. The average Bonchev–Trinajstić information content (AvgIpc) is 2.29. The summed E-state index contributed by atoms with van der Waals surface area (Å²) < 4.78 is 0. The van der Waals surface area contributed by atoms with Gasteiger partial charge in [-0.15, -0.1) is 0 Å². The molecule has 88 valence electrons. The van der Waals surface area contributed by atoms with Gasteiger partial charge in [0.1, 0.15) is 5.84 Å². The first-order chi connectivity index (χ1) is 7.27. The van der Waals surface area contributed by atoms with Gasteiger partial charge in [0.15, 0.2) is 0 Å². The van der Waals surface area contributed by atoms with Crippen LogP contribution in [0.25, 0.3) is 0 Å². The Hall–Kier alpha value is -0.570. The molecule has 3 heteroatoms. The third-order valence-electron chi connectivity index (χ3n) is 3.59. The summed E-state index contributed by atoms with van der Waals surface area (Å²) in [6.45, 7) is 2.24. The lowest BCUT2D eigenvalue weighted by atomic mass is 9.79. The van der Waals surface area contributed by atoms with Gasteiger partial charge in [-0.3, -0.25) is 16.1 Å². The Kier molecular flexibility index (Phi) is 5.69. The van der Waals surface area contributed by atoms with Crippen LogP contribution in [-0.2, 0) is 0 Å². The second-order valence-electron chi connectivity index (χ2n) is 4.74. The lowest BCUT2D eigenvalue weighted by molar-refractivity contribution is 0.214. The van der Waals surface area contributed by atoms with E-state index in [0.717, 1.165) is 18.8 Å². The van der Waals surface area contributed by atoms with Crippen molar-refractivity contribution in [2.24, 2.45) is 11.8 Å². The third-order valence-corrected chi connectivity index (χ3v) is 3.59. The van der Waals surface area contributed by atoms with E-state index in [4.69, 9.17) is 10.6 Å². The Bertz CT molecular complexity index is 186. The average molecular weight is 212 g/mol. The Morgan fingerprint density at radius 1 is 1.27 bits per heavy atom. The molecular formula is C12H24N2O. The van der Waals surface area contributed by atoms with Crippen molar-refractivity contribution in [2.75, 3.05) is 0 Å². The number of hydroxylamine groups is 1. The fourth-order valence-electron chi connectivity index (χ4n) is 2.51. The molecule has 0 radical (unpaired) electrons. The van der Waals surface area contributed by atoms with Crippen LogP contribution in [0, 0.1) is 17.2 Å². The quantitative estimate of drug-likeness (QED) is 0.283. The summed E-state index contributed by atoms with van der Waals surface area (Å²) in [4.78, 5) is 0. The van der Waals surface area contributed by atoms with Crippen LogP contribution >= 0.6 is 0 Å². The molecule has 0 spiro atoms. The standard InChI is InChI=1S/C12H24N2O/c1-2-3-4-5-10-6-8-11(9-7-10)12(13)14-15/h10-11,15H,2-9H2,1H3,(H2,13,14)/t10-,11-. The minimum atomic E-state index is 0.275. The highest BCUT2D eigenvalue weighted by Crippen LogP contribution is 2.32. The molecule has 1 rings (SSSR count). The molecule has 1 aliphatic rings. The summed E-state index contributed by atoms with van der Waals surface area (Å²) in [6, 6.07) is 0. The van der Waals surface area contributed by atoms with Crippen LogP contribution in [0.5, 0.6) is 0 Å². The normalized spacial score (nSPS) is 26.3. The molecule has 0 amide bonds. The zero-order valence-electron chi connectivity index (χ0n) is 9.76. The topological polar surface area (TPSA) is 56.1 Å². The van der Waals surface area contributed by atoms with Gasteiger partial charge in [-0.25, -0.2) is 0 Å². The first-order valence-corrected chi connectivity index (χ1v) is 6.26. The lowest BCUT2D eigenvalue weighted by Gasteiger charge is -2.28. The number of nitrogens with one attached hydrogen (secondary N) is 2. The molecule has 0 atom stereocenters. The fourth-order valence-corrected chi connectivity index (χ4v) is 2.51. The van der Waals surface area contributed by atoms with Crippen LogP contribution in [-0.4, -0.2) is 11.0 Å². The highest BCUT2D eigenvalue weighted by molar-refractivity contribution is 5.80. The molecule has 1 saturated carbocycles. The van der Waals surface area contributed by atoms with Crippen molar-refractivity contribution in [3.63, 3.8) is 0 Å². The maximum absolute atomic E-state index is 8.65. The fraction of sp³-hybridized carbons (Fsp3) is 0.917. The molecular weight excluding hydrogens is 188 g/mol. The highest BCUT2D eigenvalue weighted by atomic mass is 16.5. The largest absolute Gasteiger partial charge is 0.290 e. The van der Waals surface area contributed by atoms with Gasteiger partial charge in [-0.05, 0) is 31.6 Å². The number of amidine groups is 1. The smallest absolute Gasteiger partial charge is 0.120 e. The summed E-state index contributed by atoms with van der Waals surface area (Å²) in [5.41, 5.74) is 1.99. The monoisotopic (exact) mass is 212 g/mol. The van der Waals surface area contributed by atoms with Crippen molar-refractivity contribution in [1.29, 1.82) is 5.41 Å². The second-order valence-corrected chi connectivity index (χ2v) is 4.74. The van der Waals surface area contributed by atoms with Gasteiger partial charge in [0.25, 0.3) is 0 Å². The van der Waals surface area contributed by atoms with Gasteiger partial charge < -0.3 is 0 Å². The molecule has 0 bridgehead atoms. The lowest BCUT2D eigenvalue weighted by Crippen LogP contribution is -2.30. The summed E-state index contributed by atoms with van der Waals surface area (Å²) >= 11 is 0. The van der Waals surface area contributed by atoms with Crippen molar-refractivity contribution in [2.45, 2.75) is 58.3 Å². The zero-order chi connectivity index (χ0) is 11.1. The molecule has 3 N–H and O–H groups in total. The van der Waals surface area contributed by atoms with Crippen molar-refractivity contribution in [3.8, 4) is 0 Å². The van der Waals surface area contributed by atoms with E-state index >= 15 is 0 Å². The third kappa shape index (κ3) is 4.20. The minimum Gasteiger partial charge on any atom is -0.290 e. The van der Waals surface area contributed by atoms with Crippen LogP contribution < -0.4 is 5.48 Å². The van der Waals surface area contributed by atoms with E-state index in [1.807, 2.05) is 5.48 Å². The summed E-state index contributed by atoms with van der Waals surface area (Å²) in [7, 11) is 0. The van der Waals surface area contributed by atoms with E-state index in [1.54, 1.807) is 0 Å². The van der Waals surface area contributed by atoms with E-state index in [9.17, 15) is 0 Å². The van der Waals surface area contributed by atoms with Gasteiger partial charge in [0.2, 0.25) is 0 Å². The molecule has 0 aromatic rings. The molecule has 1 aliphatic carbocycles. The van der Waals surface area contributed by atoms with Crippen LogP contribution in [0.4, 0.5) is 0 Å². The zero-order valence-corrected chi connectivity index (χ0v) is 9.76. The first kappa shape index (κ1) is 12.5. The van der Waals surface area contributed by atoms with E-state index in [0.29, 0.717) is 5.84 Å². The molecule has 0 aromatic carbocycles. The molecule has 0 aromatic heterocycles. The second kappa shape index (κ2) is 6.83. The first-order valence-electron chi connectivity index (χ1n) is 6.26. The van der Waals surface area contributed by atoms with Crippen molar-refractivity contribution >= 4 is 5.84 Å². The Morgan fingerprint density at radius 2 is 1.93 bits per heavy atom. The van der Waals surface area contributed by atoms with Crippen LogP contribution in [0.1, 0.15) is 58.3 Å². The molecule has 3 nitrogen and oxygen atoms in total. The van der Waals surface area contributed by atoms with Crippen molar-refractivity contribution < 1.29 is 5.21 Å². The van der Waals surface area contributed by atoms with E-state index < -0.39 is 0 Å². The number of hydrogen-bond acceptors (Lipinski definition) is 2. The molecule has 1 fully saturated rings. The van der Waals surface area contributed by atoms with Gasteiger partial charge >= 0.3 is 0 Å². The van der Waals surface area contributed by atoms with E-state index in [1.165, 1.54) is 38.5 Å². The summed E-state index contributed by atoms with van der Waals surface area (Å²) in [6.07, 6.45) is 9.99. The SMILES string of the molecule is CCCCC[C@H]1CC[C@H](C(=N)NO)CC1. The van der Waals surface area contributed by atoms with Crippen LogP contribution in [0.2, 0.25) is 0 Å². The van der Waals surface area contributed by atoms with Gasteiger partial charge in [0.05, 0.1) is 0 Å². The molecule has 0 saturated heterocycles. The molecule has 15 heavy (non-hydrogen) atoms.